The number of carbonyl (C=O) groups is 2. The second-order valence-electron chi connectivity index (χ2n) is 15.2. The number of halogens is 2. The zero-order chi connectivity index (χ0) is 43.0. The largest absolute Gasteiger partial charge is 0.493 e. The van der Waals surface area contributed by atoms with Crippen LogP contribution in [0.3, 0.4) is 0 Å². The molecule has 326 valence electrons. The standard InChI is InChI=1S/C50H66Cl2N2O6/c1-5-31-53(32-6-2)47(23-15-21-41-37-43(51)25-27-45(41)57-35-29-39-17-11-9-12-18-39)59-49(55)50(56)60-48(54(33-7-3)34-8-4)24-16-22-42-38-44(52)26-28-46(42)58-36-30-40-19-13-10-14-20-40/h9-14,17-20,25-28,37-38,47-48H,5-8,15-16,21-24,29-36H2,1-4H3. The SMILES string of the molecule is CCCN(CCC)C(CCCc1cc(Cl)ccc1OCCc1ccccc1)OC(=O)C(=O)OC(CCCc1cc(Cl)ccc1OCCc1ccccc1)N(CCC)CCC. The van der Waals surface area contributed by atoms with Crippen molar-refractivity contribution in [2.45, 2.75) is 117 Å². The van der Waals surface area contributed by atoms with Gasteiger partial charge in [0.25, 0.3) is 0 Å². The number of nitrogens with zero attached hydrogens (tertiary/aromatic N) is 2. The zero-order valence-corrected chi connectivity index (χ0v) is 37.7. The number of rotatable bonds is 28. The van der Waals surface area contributed by atoms with E-state index in [4.69, 9.17) is 42.1 Å². The average Bonchev–Trinajstić information content (AvgIpc) is 3.25. The summed E-state index contributed by atoms with van der Waals surface area (Å²) in [5.41, 5.74) is 4.42. The Hall–Kier alpha value is -4.08. The number of hydrogen-bond donors (Lipinski definition) is 0. The summed E-state index contributed by atoms with van der Waals surface area (Å²) in [6, 6.07) is 31.9. The predicted octanol–water partition coefficient (Wildman–Crippen LogP) is 11.6. The van der Waals surface area contributed by atoms with Gasteiger partial charge in [-0.3, -0.25) is 9.80 Å². The summed E-state index contributed by atoms with van der Waals surface area (Å²) in [6.45, 7) is 12.4. The van der Waals surface area contributed by atoms with Crippen LogP contribution in [0.1, 0.15) is 101 Å². The van der Waals surface area contributed by atoms with Crippen LogP contribution in [0.15, 0.2) is 97.1 Å². The lowest BCUT2D eigenvalue weighted by Crippen LogP contribution is -2.44. The summed E-state index contributed by atoms with van der Waals surface area (Å²) in [4.78, 5) is 31.7. The van der Waals surface area contributed by atoms with Gasteiger partial charge in [-0.2, -0.15) is 0 Å². The number of hydrogen-bond acceptors (Lipinski definition) is 8. The lowest BCUT2D eigenvalue weighted by molar-refractivity contribution is -0.186. The first-order chi connectivity index (χ1) is 29.2. The highest BCUT2D eigenvalue weighted by Gasteiger charge is 2.30. The summed E-state index contributed by atoms with van der Waals surface area (Å²) in [7, 11) is 0. The van der Waals surface area contributed by atoms with E-state index < -0.39 is 24.4 Å². The normalized spacial score (nSPS) is 12.3. The Morgan fingerprint density at radius 2 is 0.883 bits per heavy atom. The highest BCUT2D eigenvalue weighted by Crippen LogP contribution is 2.28. The maximum Gasteiger partial charge on any atom is 0.419 e. The molecule has 0 radical (unpaired) electrons. The molecule has 0 amide bonds. The highest BCUT2D eigenvalue weighted by atomic mass is 35.5. The van der Waals surface area contributed by atoms with Crippen LogP contribution in [0, 0.1) is 0 Å². The topological polar surface area (TPSA) is 77.5 Å². The molecular formula is C50H66Cl2N2O6. The van der Waals surface area contributed by atoms with E-state index in [9.17, 15) is 9.59 Å². The summed E-state index contributed by atoms with van der Waals surface area (Å²) in [5, 5.41) is 1.28. The van der Waals surface area contributed by atoms with E-state index >= 15 is 0 Å². The van der Waals surface area contributed by atoms with Crippen molar-refractivity contribution in [3.63, 3.8) is 0 Å². The fourth-order valence-electron chi connectivity index (χ4n) is 7.47. The Kier molecular flexibility index (Phi) is 22.4. The maximum absolute atomic E-state index is 13.7. The van der Waals surface area contributed by atoms with E-state index in [0.717, 1.165) is 87.3 Å². The molecule has 4 aromatic rings. The molecule has 0 bridgehead atoms. The molecule has 4 aromatic carbocycles. The minimum atomic E-state index is -0.966. The Balaban J connectivity index is 1.40. The highest BCUT2D eigenvalue weighted by molar-refractivity contribution is 6.31. The van der Waals surface area contributed by atoms with Crippen LogP contribution in [0.25, 0.3) is 0 Å². The Bertz CT molecular complexity index is 1680. The van der Waals surface area contributed by atoms with Gasteiger partial charge in [0.2, 0.25) is 0 Å². The van der Waals surface area contributed by atoms with Crippen LogP contribution in [0.2, 0.25) is 10.0 Å². The zero-order valence-electron chi connectivity index (χ0n) is 36.2. The van der Waals surface area contributed by atoms with Crippen molar-refractivity contribution in [1.29, 1.82) is 0 Å². The Morgan fingerprint density at radius 3 is 1.23 bits per heavy atom. The third-order valence-corrected chi connectivity index (χ3v) is 10.8. The van der Waals surface area contributed by atoms with Gasteiger partial charge < -0.3 is 18.9 Å². The lowest BCUT2D eigenvalue weighted by atomic mass is 10.1. The molecule has 0 aliphatic rings. The van der Waals surface area contributed by atoms with Gasteiger partial charge in [0.15, 0.2) is 12.5 Å². The molecule has 2 unspecified atom stereocenters. The fourth-order valence-corrected chi connectivity index (χ4v) is 7.86. The predicted molar refractivity (Wildman–Crippen MR) is 244 cm³/mol. The van der Waals surface area contributed by atoms with Gasteiger partial charge in [-0.1, -0.05) is 112 Å². The Labute approximate surface area is 369 Å². The monoisotopic (exact) mass is 860 g/mol. The van der Waals surface area contributed by atoms with Gasteiger partial charge in [0, 0.05) is 49.1 Å². The van der Waals surface area contributed by atoms with E-state index in [2.05, 4.69) is 61.8 Å². The minimum Gasteiger partial charge on any atom is -0.493 e. The van der Waals surface area contributed by atoms with Gasteiger partial charge >= 0.3 is 11.9 Å². The quantitative estimate of drug-likeness (QED) is 0.0317. The fraction of sp³-hybridized carbons (Fsp3) is 0.480. The molecule has 60 heavy (non-hydrogen) atoms. The van der Waals surface area contributed by atoms with Crippen LogP contribution in [0.5, 0.6) is 11.5 Å². The van der Waals surface area contributed by atoms with E-state index in [1.807, 2.05) is 72.8 Å². The van der Waals surface area contributed by atoms with Gasteiger partial charge in [-0.25, -0.2) is 9.59 Å². The van der Waals surface area contributed by atoms with Crippen LogP contribution < -0.4 is 9.47 Å². The van der Waals surface area contributed by atoms with E-state index in [1.54, 1.807) is 0 Å². The van der Waals surface area contributed by atoms with E-state index in [0.29, 0.717) is 61.8 Å². The smallest absolute Gasteiger partial charge is 0.419 e. The van der Waals surface area contributed by atoms with Gasteiger partial charge in [-0.05, 0) is 123 Å². The molecule has 0 spiro atoms. The van der Waals surface area contributed by atoms with Crippen molar-refractivity contribution >= 4 is 35.1 Å². The lowest BCUT2D eigenvalue weighted by Gasteiger charge is -2.32. The second-order valence-corrected chi connectivity index (χ2v) is 16.1. The molecule has 0 aliphatic carbocycles. The molecular weight excluding hydrogens is 795 g/mol. The molecule has 0 N–H and O–H groups in total. The molecule has 0 fully saturated rings. The first kappa shape index (κ1) is 48.6. The van der Waals surface area contributed by atoms with Crippen molar-refractivity contribution in [3.8, 4) is 11.5 Å². The molecule has 10 heteroatoms. The van der Waals surface area contributed by atoms with E-state index in [-0.39, 0.29) is 0 Å². The van der Waals surface area contributed by atoms with Gasteiger partial charge in [-0.15, -0.1) is 0 Å². The summed E-state index contributed by atoms with van der Waals surface area (Å²) < 4.78 is 24.6. The van der Waals surface area contributed by atoms with Crippen molar-refractivity contribution in [3.05, 3.63) is 129 Å². The third kappa shape index (κ3) is 17.1. The number of benzene rings is 4. The first-order valence-corrected chi connectivity index (χ1v) is 22.8. The second kappa shape index (κ2) is 27.7. The number of esters is 2. The molecule has 4 rings (SSSR count). The first-order valence-electron chi connectivity index (χ1n) is 22.0. The molecule has 0 aliphatic heterocycles. The number of ether oxygens (including phenoxy) is 4. The third-order valence-electron chi connectivity index (χ3n) is 10.3. The summed E-state index contributed by atoms with van der Waals surface area (Å²) in [6.07, 6.45) is 7.72. The number of aryl methyl sites for hydroxylation is 2. The maximum atomic E-state index is 13.7. The van der Waals surface area contributed by atoms with Crippen LogP contribution in [0.4, 0.5) is 0 Å². The molecule has 2 atom stereocenters. The van der Waals surface area contributed by atoms with Gasteiger partial charge in [0.05, 0.1) is 13.2 Å². The summed E-state index contributed by atoms with van der Waals surface area (Å²) in [5.74, 6) is -0.342. The molecule has 0 aromatic heterocycles. The Morgan fingerprint density at radius 1 is 0.517 bits per heavy atom. The van der Waals surface area contributed by atoms with Crippen LogP contribution in [-0.4, -0.2) is 73.6 Å². The van der Waals surface area contributed by atoms with Crippen molar-refractivity contribution in [1.82, 2.24) is 9.80 Å². The molecule has 0 saturated carbocycles. The molecule has 8 nitrogen and oxygen atoms in total. The summed E-state index contributed by atoms with van der Waals surface area (Å²) >= 11 is 12.9. The van der Waals surface area contributed by atoms with Crippen LogP contribution >= 0.6 is 23.2 Å². The van der Waals surface area contributed by atoms with E-state index in [1.165, 1.54) is 11.1 Å². The number of carbonyl (C=O) groups excluding carboxylic acids is 2. The molecule has 0 heterocycles. The molecule has 0 saturated heterocycles. The van der Waals surface area contributed by atoms with Crippen molar-refractivity contribution in [2.24, 2.45) is 0 Å². The van der Waals surface area contributed by atoms with Gasteiger partial charge in [0.1, 0.15) is 11.5 Å². The van der Waals surface area contributed by atoms with Crippen molar-refractivity contribution < 1.29 is 28.5 Å². The van der Waals surface area contributed by atoms with Crippen LogP contribution in [-0.2, 0) is 44.7 Å². The van der Waals surface area contributed by atoms with Crippen molar-refractivity contribution in [2.75, 3.05) is 39.4 Å². The minimum absolute atomic E-state index is 0.533. The average molecular weight is 862 g/mol.